The van der Waals surface area contributed by atoms with E-state index in [4.69, 9.17) is 4.74 Å². The summed E-state index contributed by atoms with van der Waals surface area (Å²) >= 11 is 1.13. The molecule has 0 aliphatic carbocycles. The van der Waals surface area contributed by atoms with E-state index in [1.54, 1.807) is 13.3 Å². The summed E-state index contributed by atoms with van der Waals surface area (Å²) in [4.78, 5) is 15.4. The summed E-state index contributed by atoms with van der Waals surface area (Å²) in [7, 11) is 1.62. The molecule has 0 radical (unpaired) electrons. The Kier molecular flexibility index (Phi) is 4.67. The molecule has 0 saturated carbocycles. The standard InChI is InChI=1S/C20H16N4O2S/c1-26-16-9-5-8-15(11-16)22-19-17(27-20(25)23-19)10-14-12-21-24-18(14)13-6-3-2-4-7-13/h2-12,22H,1H3,(H,23,25)/b14-10+. The molecule has 0 amide bonds. The maximum absolute atomic E-state index is 12.0. The van der Waals surface area contributed by atoms with Crippen LogP contribution in [0.15, 0.2) is 75.2 Å². The molecule has 0 saturated heterocycles. The Hall–Kier alpha value is -3.45. The van der Waals surface area contributed by atoms with E-state index < -0.39 is 0 Å². The van der Waals surface area contributed by atoms with Crippen LogP contribution in [0.2, 0.25) is 0 Å². The quantitative estimate of drug-likeness (QED) is 0.705. The zero-order chi connectivity index (χ0) is 18.6. The van der Waals surface area contributed by atoms with Crippen LogP contribution in [0.4, 0.5) is 11.5 Å². The lowest BCUT2D eigenvalue weighted by Crippen LogP contribution is -2.02. The third kappa shape index (κ3) is 3.73. The van der Waals surface area contributed by atoms with E-state index in [2.05, 4.69) is 20.5 Å². The molecule has 0 unspecified atom stereocenters. The van der Waals surface area contributed by atoms with Crippen LogP contribution in [0, 0.1) is 0 Å². The molecule has 0 fully saturated rings. The van der Waals surface area contributed by atoms with E-state index in [0.29, 0.717) is 5.82 Å². The molecule has 3 aromatic rings. The predicted molar refractivity (Wildman–Crippen MR) is 111 cm³/mol. The largest absolute Gasteiger partial charge is 0.497 e. The molecule has 0 spiro atoms. The molecule has 4 rings (SSSR count). The zero-order valence-corrected chi connectivity index (χ0v) is 15.3. The van der Waals surface area contributed by atoms with Crippen LogP contribution in [-0.4, -0.2) is 24.0 Å². The van der Waals surface area contributed by atoms with E-state index in [0.717, 1.165) is 44.5 Å². The van der Waals surface area contributed by atoms with E-state index >= 15 is 0 Å². The van der Waals surface area contributed by atoms with Crippen LogP contribution >= 0.6 is 11.3 Å². The highest BCUT2D eigenvalue weighted by atomic mass is 32.1. The fraction of sp³-hybridized carbons (Fsp3) is 0.0500. The lowest BCUT2D eigenvalue weighted by Gasteiger charge is -2.07. The van der Waals surface area contributed by atoms with Crippen LogP contribution < -0.4 is 14.9 Å². The van der Waals surface area contributed by atoms with E-state index in [1.807, 2.05) is 60.7 Å². The Morgan fingerprint density at radius 3 is 2.81 bits per heavy atom. The van der Waals surface area contributed by atoms with Gasteiger partial charge in [-0.15, -0.1) is 5.10 Å². The minimum Gasteiger partial charge on any atom is -0.497 e. The molecule has 27 heavy (non-hydrogen) atoms. The van der Waals surface area contributed by atoms with Gasteiger partial charge in [0.05, 0.1) is 18.2 Å². The highest BCUT2D eigenvalue weighted by Gasteiger charge is 2.15. The van der Waals surface area contributed by atoms with Gasteiger partial charge in [0, 0.05) is 22.9 Å². The molecule has 0 bridgehead atoms. The van der Waals surface area contributed by atoms with Crippen LogP contribution in [0.3, 0.4) is 0 Å². The first-order valence-electron chi connectivity index (χ1n) is 8.25. The van der Waals surface area contributed by atoms with Crippen molar-refractivity contribution in [1.82, 2.24) is 4.98 Å². The first-order chi connectivity index (χ1) is 13.2. The zero-order valence-electron chi connectivity index (χ0n) is 14.5. The van der Waals surface area contributed by atoms with Crippen molar-refractivity contribution in [3.05, 3.63) is 80.3 Å². The SMILES string of the molecule is COc1cccc(Nc2[nH]c(=O)sc2/C=C2\C=NN=C2c2ccccc2)c1. The topological polar surface area (TPSA) is 78.8 Å². The molecular weight excluding hydrogens is 360 g/mol. The van der Waals surface area contributed by atoms with Crippen molar-refractivity contribution in [2.75, 3.05) is 12.4 Å². The van der Waals surface area contributed by atoms with Gasteiger partial charge in [0.2, 0.25) is 0 Å². The summed E-state index contributed by atoms with van der Waals surface area (Å²) in [6.07, 6.45) is 3.61. The Labute approximate surface area is 159 Å². The maximum Gasteiger partial charge on any atom is 0.306 e. The summed E-state index contributed by atoms with van der Waals surface area (Å²) in [5, 5.41) is 11.5. The van der Waals surface area contributed by atoms with Gasteiger partial charge in [-0.05, 0) is 18.2 Å². The fourth-order valence-corrected chi connectivity index (χ4v) is 3.46. The number of rotatable bonds is 5. The van der Waals surface area contributed by atoms with Crippen molar-refractivity contribution >= 4 is 40.8 Å². The second kappa shape index (κ2) is 7.43. The lowest BCUT2D eigenvalue weighted by atomic mass is 10.0. The number of nitrogens with zero attached hydrogens (tertiary/aromatic N) is 2. The van der Waals surface area contributed by atoms with Gasteiger partial charge in [-0.1, -0.05) is 47.7 Å². The first-order valence-corrected chi connectivity index (χ1v) is 9.07. The third-order valence-electron chi connectivity index (χ3n) is 3.98. The smallest absolute Gasteiger partial charge is 0.306 e. The monoisotopic (exact) mass is 376 g/mol. The Morgan fingerprint density at radius 1 is 1.15 bits per heavy atom. The number of hydrogen-bond donors (Lipinski definition) is 2. The minimum atomic E-state index is -0.139. The summed E-state index contributed by atoms with van der Waals surface area (Å²) in [6, 6.07) is 17.3. The number of ether oxygens (including phenoxy) is 1. The molecule has 2 aromatic carbocycles. The summed E-state index contributed by atoms with van der Waals surface area (Å²) in [5.74, 6) is 1.36. The number of nitrogens with one attached hydrogen (secondary N) is 2. The van der Waals surface area contributed by atoms with Gasteiger partial charge in [-0.2, -0.15) is 5.10 Å². The van der Waals surface area contributed by atoms with Crippen LogP contribution in [-0.2, 0) is 0 Å². The van der Waals surface area contributed by atoms with Crippen molar-refractivity contribution in [2.24, 2.45) is 10.2 Å². The van der Waals surface area contributed by atoms with Crippen molar-refractivity contribution < 1.29 is 4.74 Å². The fourth-order valence-electron chi connectivity index (χ4n) is 2.71. The molecule has 0 atom stereocenters. The van der Waals surface area contributed by atoms with Crippen LogP contribution in [0.25, 0.3) is 6.08 Å². The van der Waals surface area contributed by atoms with Gasteiger partial charge in [0.1, 0.15) is 17.3 Å². The number of thiazole rings is 1. The third-order valence-corrected chi connectivity index (χ3v) is 4.81. The van der Waals surface area contributed by atoms with Crippen molar-refractivity contribution in [3.8, 4) is 5.75 Å². The maximum atomic E-state index is 12.0. The van der Waals surface area contributed by atoms with Gasteiger partial charge in [0.25, 0.3) is 0 Å². The molecule has 1 aromatic heterocycles. The van der Waals surface area contributed by atoms with Gasteiger partial charge in [0.15, 0.2) is 0 Å². The van der Waals surface area contributed by atoms with Crippen LogP contribution in [0.5, 0.6) is 5.75 Å². The Balaban J connectivity index is 1.67. The second-order valence-electron chi connectivity index (χ2n) is 5.77. The molecule has 1 aliphatic heterocycles. The molecule has 6 nitrogen and oxygen atoms in total. The average molecular weight is 376 g/mol. The van der Waals surface area contributed by atoms with Crippen molar-refractivity contribution in [3.63, 3.8) is 0 Å². The molecule has 134 valence electrons. The lowest BCUT2D eigenvalue weighted by molar-refractivity contribution is 0.415. The highest BCUT2D eigenvalue weighted by molar-refractivity contribution is 7.10. The van der Waals surface area contributed by atoms with Gasteiger partial charge in [-0.3, -0.25) is 9.78 Å². The summed E-state index contributed by atoms with van der Waals surface area (Å²) in [5.41, 5.74) is 3.43. The molecule has 2 N–H and O–H groups in total. The van der Waals surface area contributed by atoms with Gasteiger partial charge in [-0.25, -0.2) is 0 Å². The summed E-state index contributed by atoms with van der Waals surface area (Å²) in [6.45, 7) is 0. The highest BCUT2D eigenvalue weighted by Crippen LogP contribution is 2.26. The second-order valence-corrected chi connectivity index (χ2v) is 6.78. The molecule has 1 aliphatic rings. The molecule has 2 heterocycles. The normalized spacial score (nSPS) is 14.4. The van der Waals surface area contributed by atoms with Gasteiger partial charge >= 0.3 is 4.87 Å². The number of allylic oxidation sites excluding steroid dienone is 1. The van der Waals surface area contributed by atoms with Crippen molar-refractivity contribution in [1.29, 1.82) is 0 Å². The minimum absolute atomic E-state index is 0.139. The predicted octanol–water partition coefficient (Wildman–Crippen LogP) is 4.06. The Bertz CT molecular complexity index is 1110. The molecular formula is C20H16N4O2S. The Morgan fingerprint density at radius 2 is 2.00 bits per heavy atom. The summed E-state index contributed by atoms with van der Waals surface area (Å²) < 4.78 is 5.24. The number of aromatic nitrogens is 1. The van der Waals surface area contributed by atoms with E-state index in [1.165, 1.54) is 0 Å². The number of hydrogen-bond acceptors (Lipinski definition) is 6. The number of H-pyrrole nitrogens is 1. The molecule has 7 heteroatoms. The average Bonchev–Trinajstić information content (AvgIpc) is 3.29. The van der Waals surface area contributed by atoms with E-state index in [-0.39, 0.29) is 4.87 Å². The van der Waals surface area contributed by atoms with Crippen LogP contribution in [0.1, 0.15) is 10.4 Å². The number of benzene rings is 2. The van der Waals surface area contributed by atoms with Crippen molar-refractivity contribution in [2.45, 2.75) is 0 Å². The van der Waals surface area contributed by atoms with Gasteiger partial charge < -0.3 is 10.1 Å². The van der Waals surface area contributed by atoms with E-state index in [9.17, 15) is 4.79 Å². The first kappa shape index (κ1) is 17.0. The number of methoxy groups -OCH3 is 1. The number of anilines is 2. The number of aromatic amines is 1.